The van der Waals surface area contributed by atoms with Crippen LogP contribution < -0.4 is 11.3 Å². The van der Waals surface area contributed by atoms with Gasteiger partial charge in [-0.1, -0.05) is 12.2 Å². The molecule has 0 radical (unpaired) electrons. The van der Waals surface area contributed by atoms with E-state index in [1.807, 2.05) is 6.92 Å². The van der Waals surface area contributed by atoms with Crippen LogP contribution in [-0.2, 0) is 0 Å². The third-order valence-electron chi connectivity index (χ3n) is 0.928. The van der Waals surface area contributed by atoms with E-state index in [-0.39, 0.29) is 0 Å². The van der Waals surface area contributed by atoms with Gasteiger partial charge in [0.2, 0.25) is 0 Å². The first kappa shape index (κ1) is 7.66. The molecule has 0 rings (SSSR count). The van der Waals surface area contributed by atoms with Gasteiger partial charge in [0.25, 0.3) is 0 Å². The molecule has 0 saturated heterocycles. The van der Waals surface area contributed by atoms with E-state index < -0.39 is 0 Å². The first-order valence-corrected chi connectivity index (χ1v) is 2.96. The van der Waals surface area contributed by atoms with Crippen LogP contribution in [0.25, 0.3) is 0 Å². The predicted octanol–water partition coefficient (Wildman–Crippen LogP) is 0.806. The van der Waals surface area contributed by atoms with Crippen molar-refractivity contribution in [3.8, 4) is 0 Å². The minimum absolute atomic E-state index is 0.907. The Kier molecular flexibility index (Phi) is 6.38. The maximum Gasteiger partial charge on any atom is 0.0100 e. The summed E-state index contributed by atoms with van der Waals surface area (Å²) in [7, 11) is 0. The van der Waals surface area contributed by atoms with Crippen LogP contribution >= 0.6 is 0 Å². The highest BCUT2D eigenvalue weighted by atomic mass is 15.2. The molecule has 0 aromatic carbocycles. The van der Waals surface area contributed by atoms with Crippen LogP contribution in [0.4, 0.5) is 0 Å². The van der Waals surface area contributed by atoms with Crippen molar-refractivity contribution in [3.05, 3.63) is 12.2 Å². The van der Waals surface area contributed by atoms with E-state index in [0.29, 0.717) is 0 Å². The zero-order valence-electron chi connectivity index (χ0n) is 5.35. The molecule has 0 spiro atoms. The van der Waals surface area contributed by atoms with Crippen molar-refractivity contribution >= 4 is 0 Å². The molecule has 0 bridgehead atoms. The van der Waals surface area contributed by atoms with Gasteiger partial charge in [0, 0.05) is 6.54 Å². The number of unbranched alkanes of at least 4 members (excludes halogenated alkanes) is 1. The van der Waals surface area contributed by atoms with Crippen LogP contribution in [0.3, 0.4) is 0 Å². The molecule has 0 aromatic heterocycles. The molecule has 0 fully saturated rings. The van der Waals surface area contributed by atoms with Crippen LogP contribution in [0.1, 0.15) is 19.8 Å². The van der Waals surface area contributed by atoms with Crippen molar-refractivity contribution < 1.29 is 0 Å². The summed E-state index contributed by atoms with van der Waals surface area (Å²) in [6, 6.07) is 0. The lowest BCUT2D eigenvalue weighted by molar-refractivity contribution is 0.687. The van der Waals surface area contributed by atoms with Gasteiger partial charge in [0.15, 0.2) is 0 Å². The Hall–Kier alpha value is -0.340. The van der Waals surface area contributed by atoms with Crippen LogP contribution in [0.2, 0.25) is 0 Å². The summed E-state index contributed by atoms with van der Waals surface area (Å²) in [5, 5.41) is 0. The van der Waals surface area contributed by atoms with Crippen LogP contribution in [-0.4, -0.2) is 6.54 Å². The molecule has 3 N–H and O–H groups in total. The Morgan fingerprint density at radius 2 is 2.38 bits per heavy atom. The molecule has 8 heavy (non-hydrogen) atoms. The minimum atomic E-state index is 0.907. The molecular formula is C6H14N2. The number of hydrogen-bond donors (Lipinski definition) is 2. The number of allylic oxidation sites excluding steroid dienone is 2. The van der Waals surface area contributed by atoms with Crippen molar-refractivity contribution in [2.45, 2.75) is 19.8 Å². The highest BCUT2D eigenvalue weighted by Gasteiger charge is 1.77. The first-order chi connectivity index (χ1) is 3.91. The maximum atomic E-state index is 5.04. The quantitative estimate of drug-likeness (QED) is 0.245. The fourth-order valence-corrected chi connectivity index (χ4v) is 0.489. The molecule has 0 aliphatic carbocycles. The average molecular weight is 114 g/mol. The van der Waals surface area contributed by atoms with Crippen molar-refractivity contribution in [1.29, 1.82) is 0 Å². The van der Waals surface area contributed by atoms with Crippen molar-refractivity contribution in [2.24, 2.45) is 5.84 Å². The van der Waals surface area contributed by atoms with E-state index in [2.05, 4.69) is 17.6 Å². The van der Waals surface area contributed by atoms with Gasteiger partial charge in [0.05, 0.1) is 0 Å². The normalized spacial score (nSPS) is 10.8. The summed E-state index contributed by atoms with van der Waals surface area (Å²) in [6.45, 7) is 2.93. The Bertz CT molecular complexity index is 59.5. The van der Waals surface area contributed by atoms with E-state index in [0.717, 1.165) is 19.4 Å². The van der Waals surface area contributed by atoms with Crippen molar-refractivity contribution in [3.63, 3.8) is 0 Å². The highest BCUT2D eigenvalue weighted by molar-refractivity contribution is 4.76. The van der Waals surface area contributed by atoms with E-state index in [1.54, 1.807) is 0 Å². The van der Waals surface area contributed by atoms with E-state index in [9.17, 15) is 0 Å². The fraction of sp³-hybridized carbons (Fsp3) is 0.667. The Labute approximate surface area is 50.7 Å². The number of hydrogen-bond acceptors (Lipinski definition) is 2. The zero-order valence-corrected chi connectivity index (χ0v) is 5.35. The molecule has 0 saturated carbocycles. The number of nitrogens with two attached hydrogens (primary N) is 1. The van der Waals surface area contributed by atoms with Gasteiger partial charge in [-0.15, -0.1) is 0 Å². The molecule has 0 aliphatic rings. The second kappa shape index (κ2) is 6.66. The van der Waals surface area contributed by atoms with Gasteiger partial charge in [-0.05, 0) is 19.8 Å². The van der Waals surface area contributed by atoms with Crippen molar-refractivity contribution in [2.75, 3.05) is 6.54 Å². The zero-order chi connectivity index (χ0) is 6.24. The summed E-state index contributed by atoms with van der Waals surface area (Å²) in [5.74, 6) is 5.04. The lowest BCUT2D eigenvalue weighted by Crippen LogP contribution is -2.22. The molecule has 2 nitrogen and oxygen atoms in total. The van der Waals surface area contributed by atoms with Crippen LogP contribution in [0.15, 0.2) is 12.2 Å². The Balaban J connectivity index is 2.72. The topological polar surface area (TPSA) is 38.0 Å². The SMILES string of the molecule is C/C=C/CCCNN. The Morgan fingerprint density at radius 3 is 2.88 bits per heavy atom. The maximum absolute atomic E-state index is 5.04. The molecular weight excluding hydrogens is 100 g/mol. The molecule has 0 heterocycles. The average Bonchev–Trinajstić information content (AvgIpc) is 1.81. The van der Waals surface area contributed by atoms with E-state index >= 15 is 0 Å². The largest absolute Gasteiger partial charge is 0.271 e. The fourth-order valence-electron chi connectivity index (χ4n) is 0.489. The van der Waals surface area contributed by atoms with Gasteiger partial charge in [-0.3, -0.25) is 11.3 Å². The third-order valence-corrected chi connectivity index (χ3v) is 0.928. The highest BCUT2D eigenvalue weighted by Crippen LogP contribution is 1.86. The summed E-state index contributed by atoms with van der Waals surface area (Å²) in [5.41, 5.74) is 2.59. The number of rotatable bonds is 4. The second-order valence-corrected chi connectivity index (χ2v) is 1.67. The number of nitrogens with one attached hydrogen (secondary N) is 1. The van der Waals surface area contributed by atoms with Gasteiger partial charge in [-0.25, -0.2) is 0 Å². The van der Waals surface area contributed by atoms with Gasteiger partial charge in [-0.2, -0.15) is 0 Å². The molecule has 0 atom stereocenters. The molecule has 0 amide bonds. The first-order valence-electron chi connectivity index (χ1n) is 2.96. The summed E-state index contributed by atoms with van der Waals surface area (Å²) < 4.78 is 0. The summed E-state index contributed by atoms with van der Waals surface area (Å²) in [4.78, 5) is 0. The third kappa shape index (κ3) is 5.66. The Morgan fingerprint density at radius 1 is 1.62 bits per heavy atom. The molecule has 0 aromatic rings. The molecule has 48 valence electrons. The molecule has 2 heteroatoms. The molecule has 0 aliphatic heterocycles. The molecule has 0 unspecified atom stereocenters. The van der Waals surface area contributed by atoms with Gasteiger partial charge >= 0.3 is 0 Å². The van der Waals surface area contributed by atoms with Crippen molar-refractivity contribution in [1.82, 2.24) is 5.43 Å². The predicted molar refractivity (Wildman–Crippen MR) is 36.2 cm³/mol. The lowest BCUT2D eigenvalue weighted by Gasteiger charge is -1.91. The monoisotopic (exact) mass is 114 g/mol. The van der Waals surface area contributed by atoms with Gasteiger partial charge in [0.1, 0.15) is 0 Å². The summed E-state index contributed by atoms with van der Waals surface area (Å²) in [6.07, 6.45) is 6.44. The second-order valence-electron chi connectivity index (χ2n) is 1.67. The summed E-state index contributed by atoms with van der Waals surface area (Å²) >= 11 is 0. The smallest absolute Gasteiger partial charge is 0.0100 e. The van der Waals surface area contributed by atoms with Gasteiger partial charge < -0.3 is 0 Å². The van der Waals surface area contributed by atoms with Crippen LogP contribution in [0.5, 0.6) is 0 Å². The minimum Gasteiger partial charge on any atom is -0.271 e. The standard InChI is InChI=1S/C6H14N2/c1-2-3-4-5-6-8-7/h2-3,8H,4-7H2,1H3/b3-2+. The van der Waals surface area contributed by atoms with E-state index in [1.165, 1.54) is 0 Å². The van der Waals surface area contributed by atoms with E-state index in [4.69, 9.17) is 5.84 Å². The number of hydrazine groups is 1. The lowest BCUT2D eigenvalue weighted by atomic mass is 10.3. The van der Waals surface area contributed by atoms with Crippen LogP contribution in [0, 0.1) is 0 Å².